The van der Waals surface area contributed by atoms with Crippen LogP contribution in [0.1, 0.15) is 30.7 Å². The van der Waals surface area contributed by atoms with Gasteiger partial charge in [0, 0.05) is 35.5 Å². The van der Waals surface area contributed by atoms with Crippen molar-refractivity contribution in [1.82, 2.24) is 4.90 Å². The third-order valence-corrected chi connectivity index (χ3v) is 6.03. The molecule has 1 N–H and O–H groups in total. The van der Waals surface area contributed by atoms with Crippen LogP contribution in [-0.4, -0.2) is 35.0 Å². The highest BCUT2D eigenvalue weighted by Crippen LogP contribution is 2.52. The van der Waals surface area contributed by atoms with Gasteiger partial charge in [-0.25, -0.2) is 4.39 Å². The van der Waals surface area contributed by atoms with Crippen molar-refractivity contribution in [2.45, 2.75) is 25.2 Å². The van der Waals surface area contributed by atoms with E-state index in [9.17, 15) is 19.1 Å². The molecule has 1 aromatic rings. The molecule has 1 heterocycles. The van der Waals surface area contributed by atoms with Gasteiger partial charge >= 0.3 is 5.97 Å². The molecule has 24 heavy (non-hydrogen) atoms. The normalized spacial score (nSPS) is 32.0. The molecule has 4 rings (SSSR count). The number of carbonyl (C=O) groups excluding carboxylic acids is 1. The zero-order valence-corrected chi connectivity index (χ0v) is 13.9. The number of halogens is 2. The first-order valence-corrected chi connectivity index (χ1v) is 8.80. The van der Waals surface area contributed by atoms with E-state index in [0.717, 1.165) is 12.8 Å². The standard InChI is InChI=1S/C18H19ClFNO3/c19-14-2-1-3-15(20)16(14)10-6-11(10)17(22)21-7-12(9-4-5-9)13(8-21)18(23)24/h1-3,9-13H,4-8H2,(H,23,24)/t10?,11?,12-,13+/m1/s1. The number of benzene rings is 1. The molecule has 2 aliphatic carbocycles. The molecule has 3 fully saturated rings. The summed E-state index contributed by atoms with van der Waals surface area (Å²) < 4.78 is 14.0. The fourth-order valence-electron chi connectivity index (χ4n) is 4.16. The van der Waals surface area contributed by atoms with Gasteiger partial charge in [-0.2, -0.15) is 0 Å². The van der Waals surface area contributed by atoms with Crippen LogP contribution < -0.4 is 0 Å². The third kappa shape index (κ3) is 2.69. The fourth-order valence-corrected chi connectivity index (χ4v) is 4.46. The number of amides is 1. The molecule has 3 aliphatic rings. The Labute approximate surface area is 144 Å². The minimum atomic E-state index is -0.813. The maximum Gasteiger partial charge on any atom is 0.308 e. The van der Waals surface area contributed by atoms with Crippen molar-refractivity contribution in [2.24, 2.45) is 23.7 Å². The van der Waals surface area contributed by atoms with E-state index in [2.05, 4.69) is 0 Å². The molecule has 2 unspecified atom stereocenters. The van der Waals surface area contributed by atoms with Gasteiger partial charge in [0.15, 0.2) is 0 Å². The largest absolute Gasteiger partial charge is 0.481 e. The number of carboxylic acids is 1. The average Bonchev–Trinajstić information content (AvgIpc) is 3.45. The van der Waals surface area contributed by atoms with Gasteiger partial charge in [0.2, 0.25) is 5.91 Å². The summed E-state index contributed by atoms with van der Waals surface area (Å²) in [6.07, 6.45) is 2.71. The Balaban J connectivity index is 1.47. The molecule has 6 heteroatoms. The molecule has 128 valence electrons. The lowest BCUT2D eigenvalue weighted by Crippen LogP contribution is -2.31. The average molecular weight is 352 g/mol. The summed E-state index contributed by atoms with van der Waals surface area (Å²) in [5.74, 6) is -1.64. The van der Waals surface area contributed by atoms with Crippen LogP contribution in [0.5, 0.6) is 0 Å². The zero-order valence-electron chi connectivity index (χ0n) is 13.1. The molecule has 1 amide bonds. The first-order chi connectivity index (χ1) is 11.5. The van der Waals surface area contributed by atoms with Crippen LogP contribution in [0.3, 0.4) is 0 Å². The van der Waals surface area contributed by atoms with Crippen molar-refractivity contribution < 1.29 is 19.1 Å². The molecular formula is C18H19ClFNO3. The molecule has 0 spiro atoms. The molecule has 1 saturated heterocycles. The van der Waals surface area contributed by atoms with Gasteiger partial charge in [0.1, 0.15) is 5.82 Å². The Morgan fingerprint density at radius 2 is 1.96 bits per heavy atom. The van der Waals surface area contributed by atoms with Crippen molar-refractivity contribution in [1.29, 1.82) is 0 Å². The van der Waals surface area contributed by atoms with Crippen LogP contribution in [0.15, 0.2) is 18.2 Å². The van der Waals surface area contributed by atoms with Crippen LogP contribution in [-0.2, 0) is 9.59 Å². The molecule has 2 saturated carbocycles. The molecule has 1 aliphatic heterocycles. The van der Waals surface area contributed by atoms with Crippen LogP contribution >= 0.6 is 11.6 Å². The molecule has 1 aromatic carbocycles. The van der Waals surface area contributed by atoms with E-state index >= 15 is 0 Å². The van der Waals surface area contributed by atoms with Gasteiger partial charge in [-0.05, 0) is 43.2 Å². The summed E-state index contributed by atoms with van der Waals surface area (Å²) in [7, 11) is 0. The Hall–Kier alpha value is -1.62. The monoisotopic (exact) mass is 351 g/mol. The van der Waals surface area contributed by atoms with E-state index in [1.54, 1.807) is 17.0 Å². The molecule has 0 aromatic heterocycles. The van der Waals surface area contributed by atoms with Gasteiger partial charge in [0.25, 0.3) is 0 Å². The van der Waals surface area contributed by atoms with E-state index in [1.807, 2.05) is 0 Å². The van der Waals surface area contributed by atoms with Gasteiger partial charge in [0.05, 0.1) is 5.92 Å². The SMILES string of the molecule is O=C(O)[C@H]1CN(C(=O)C2CC2c2c(F)cccc2Cl)C[C@@H]1C1CC1. The van der Waals surface area contributed by atoms with Crippen LogP contribution in [0, 0.1) is 29.5 Å². The predicted octanol–water partition coefficient (Wildman–Crippen LogP) is 3.15. The Kier molecular flexibility index (Phi) is 3.79. The van der Waals surface area contributed by atoms with E-state index in [0.29, 0.717) is 29.5 Å². The Morgan fingerprint density at radius 1 is 1.21 bits per heavy atom. The second kappa shape index (κ2) is 5.73. The number of hydrogen-bond acceptors (Lipinski definition) is 2. The number of nitrogens with zero attached hydrogens (tertiary/aromatic N) is 1. The minimum absolute atomic E-state index is 0.0475. The maximum atomic E-state index is 14.0. The van der Waals surface area contributed by atoms with Gasteiger partial charge < -0.3 is 10.0 Å². The highest BCUT2D eigenvalue weighted by Gasteiger charge is 2.52. The van der Waals surface area contributed by atoms with Crippen LogP contribution in [0.4, 0.5) is 4.39 Å². The number of hydrogen-bond donors (Lipinski definition) is 1. The topological polar surface area (TPSA) is 57.6 Å². The summed E-state index contributed by atoms with van der Waals surface area (Å²) >= 11 is 6.09. The Bertz CT molecular complexity index is 685. The molecule has 4 atom stereocenters. The molecule has 0 radical (unpaired) electrons. The highest BCUT2D eigenvalue weighted by molar-refractivity contribution is 6.31. The quantitative estimate of drug-likeness (QED) is 0.906. The molecule has 4 nitrogen and oxygen atoms in total. The van der Waals surface area contributed by atoms with Crippen molar-refractivity contribution in [2.75, 3.05) is 13.1 Å². The maximum absolute atomic E-state index is 14.0. The Morgan fingerprint density at radius 3 is 2.58 bits per heavy atom. The third-order valence-electron chi connectivity index (χ3n) is 5.70. The van der Waals surface area contributed by atoms with E-state index in [4.69, 9.17) is 11.6 Å². The highest BCUT2D eigenvalue weighted by atomic mass is 35.5. The van der Waals surface area contributed by atoms with Crippen molar-refractivity contribution >= 4 is 23.5 Å². The lowest BCUT2D eigenvalue weighted by atomic mass is 9.92. The first kappa shape index (κ1) is 15.9. The van der Waals surface area contributed by atoms with Crippen LogP contribution in [0.25, 0.3) is 0 Å². The molecular weight excluding hydrogens is 333 g/mol. The summed E-state index contributed by atoms with van der Waals surface area (Å²) in [5, 5.41) is 9.77. The summed E-state index contributed by atoms with van der Waals surface area (Å²) in [6, 6.07) is 4.55. The van der Waals surface area contributed by atoms with E-state index in [-0.39, 0.29) is 36.0 Å². The van der Waals surface area contributed by atoms with Crippen molar-refractivity contribution in [3.05, 3.63) is 34.6 Å². The minimum Gasteiger partial charge on any atom is -0.481 e. The lowest BCUT2D eigenvalue weighted by Gasteiger charge is -2.16. The van der Waals surface area contributed by atoms with Crippen molar-refractivity contribution in [3.63, 3.8) is 0 Å². The number of aliphatic carboxylic acids is 1. The fraction of sp³-hybridized carbons (Fsp3) is 0.556. The zero-order chi connectivity index (χ0) is 17.0. The summed E-state index contributed by atoms with van der Waals surface area (Å²) in [4.78, 5) is 25.9. The smallest absolute Gasteiger partial charge is 0.308 e. The predicted molar refractivity (Wildman–Crippen MR) is 86.2 cm³/mol. The summed E-state index contributed by atoms with van der Waals surface area (Å²) in [6.45, 7) is 0.804. The van der Waals surface area contributed by atoms with Gasteiger partial charge in [-0.1, -0.05) is 17.7 Å². The number of rotatable bonds is 4. The van der Waals surface area contributed by atoms with Crippen LogP contribution in [0.2, 0.25) is 5.02 Å². The number of likely N-dealkylation sites (tertiary alicyclic amines) is 1. The second-order valence-corrected chi connectivity index (χ2v) is 7.68. The first-order valence-electron chi connectivity index (χ1n) is 8.43. The van der Waals surface area contributed by atoms with E-state index in [1.165, 1.54) is 6.07 Å². The van der Waals surface area contributed by atoms with Gasteiger partial charge in [-0.15, -0.1) is 0 Å². The van der Waals surface area contributed by atoms with E-state index < -0.39 is 11.9 Å². The number of carbonyl (C=O) groups is 2. The summed E-state index contributed by atoms with van der Waals surface area (Å²) in [5.41, 5.74) is 0.422. The van der Waals surface area contributed by atoms with Crippen molar-refractivity contribution in [3.8, 4) is 0 Å². The lowest BCUT2D eigenvalue weighted by molar-refractivity contribution is -0.142. The van der Waals surface area contributed by atoms with Gasteiger partial charge in [-0.3, -0.25) is 9.59 Å². The second-order valence-electron chi connectivity index (χ2n) is 7.27. The molecule has 0 bridgehead atoms. The number of carboxylic acid groups (broad SMARTS) is 1.